The standard InChI is InChI=1S/C15H23Cl2N3/c1-3-20-6-4-5-12(20)10-19(2)9-11-7-13(16)15(18)14(17)8-11/h7-8,12H,3-6,9-10,18H2,1-2H3. The van der Waals surface area contributed by atoms with E-state index in [1.54, 1.807) is 0 Å². The van der Waals surface area contributed by atoms with Gasteiger partial charge in [-0.25, -0.2) is 0 Å². The molecule has 0 spiro atoms. The third kappa shape index (κ3) is 3.79. The zero-order valence-electron chi connectivity index (χ0n) is 12.2. The summed E-state index contributed by atoms with van der Waals surface area (Å²) in [5.74, 6) is 0. The van der Waals surface area contributed by atoms with Crippen LogP contribution in [0.3, 0.4) is 0 Å². The van der Waals surface area contributed by atoms with Crippen molar-refractivity contribution >= 4 is 28.9 Å². The molecule has 112 valence electrons. The van der Waals surface area contributed by atoms with E-state index in [9.17, 15) is 0 Å². The summed E-state index contributed by atoms with van der Waals surface area (Å²) in [4.78, 5) is 4.89. The van der Waals surface area contributed by atoms with Crippen LogP contribution in [0.5, 0.6) is 0 Å². The smallest absolute Gasteiger partial charge is 0.0693 e. The fraction of sp³-hybridized carbons (Fsp3) is 0.600. The summed E-state index contributed by atoms with van der Waals surface area (Å²) in [5.41, 5.74) is 7.34. The van der Waals surface area contributed by atoms with Gasteiger partial charge in [0.1, 0.15) is 0 Å². The number of benzene rings is 1. The van der Waals surface area contributed by atoms with Crippen LogP contribution in [0.2, 0.25) is 10.0 Å². The molecular formula is C15H23Cl2N3. The Labute approximate surface area is 131 Å². The van der Waals surface area contributed by atoms with E-state index in [1.165, 1.54) is 19.4 Å². The maximum absolute atomic E-state index is 6.08. The van der Waals surface area contributed by atoms with E-state index < -0.39 is 0 Å². The number of hydrogen-bond acceptors (Lipinski definition) is 3. The third-order valence-electron chi connectivity index (χ3n) is 4.02. The minimum absolute atomic E-state index is 0.465. The van der Waals surface area contributed by atoms with Crippen molar-refractivity contribution < 1.29 is 0 Å². The molecular weight excluding hydrogens is 293 g/mol. The molecule has 5 heteroatoms. The van der Waals surface area contributed by atoms with Crippen LogP contribution in [-0.4, -0.2) is 42.5 Å². The van der Waals surface area contributed by atoms with E-state index in [-0.39, 0.29) is 0 Å². The monoisotopic (exact) mass is 315 g/mol. The van der Waals surface area contributed by atoms with E-state index in [1.807, 2.05) is 12.1 Å². The largest absolute Gasteiger partial charge is 0.396 e. The van der Waals surface area contributed by atoms with Gasteiger partial charge in [-0.1, -0.05) is 30.1 Å². The molecule has 2 rings (SSSR count). The molecule has 0 aliphatic carbocycles. The lowest BCUT2D eigenvalue weighted by Gasteiger charge is -2.27. The van der Waals surface area contributed by atoms with Crippen LogP contribution in [0.25, 0.3) is 0 Å². The van der Waals surface area contributed by atoms with Gasteiger partial charge in [0.05, 0.1) is 15.7 Å². The number of nitrogen functional groups attached to an aromatic ring is 1. The summed E-state index contributed by atoms with van der Waals surface area (Å²) in [6.45, 7) is 6.52. The van der Waals surface area contributed by atoms with Gasteiger partial charge in [-0.15, -0.1) is 0 Å². The highest BCUT2D eigenvalue weighted by Gasteiger charge is 2.24. The lowest BCUT2D eigenvalue weighted by molar-refractivity contribution is 0.195. The SMILES string of the molecule is CCN1CCCC1CN(C)Cc1cc(Cl)c(N)c(Cl)c1. The molecule has 1 heterocycles. The van der Waals surface area contributed by atoms with E-state index in [0.717, 1.165) is 25.2 Å². The van der Waals surface area contributed by atoms with Crippen molar-refractivity contribution in [2.45, 2.75) is 32.4 Å². The van der Waals surface area contributed by atoms with Gasteiger partial charge in [0.2, 0.25) is 0 Å². The maximum atomic E-state index is 6.08. The molecule has 0 bridgehead atoms. The molecule has 1 saturated heterocycles. The van der Waals surface area contributed by atoms with Crippen LogP contribution >= 0.6 is 23.2 Å². The molecule has 1 aromatic rings. The van der Waals surface area contributed by atoms with E-state index >= 15 is 0 Å². The van der Waals surface area contributed by atoms with E-state index in [0.29, 0.717) is 21.8 Å². The van der Waals surface area contributed by atoms with Crippen LogP contribution in [0, 0.1) is 0 Å². The number of rotatable bonds is 5. The van der Waals surface area contributed by atoms with Crippen LogP contribution in [0.4, 0.5) is 5.69 Å². The summed E-state index contributed by atoms with van der Waals surface area (Å²) in [6.07, 6.45) is 2.60. The summed E-state index contributed by atoms with van der Waals surface area (Å²) in [7, 11) is 2.14. The zero-order valence-corrected chi connectivity index (χ0v) is 13.7. The highest BCUT2D eigenvalue weighted by atomic mass is 35.5. The van der Waals surface area contributed by atoms with Crippen LogP contribution in [0.15, 0.2) is 12.1 Å². The first-order valence-electron chi connectivity index (χ1n) is 7.17. The first kappa shape index (κ1) is 15.9. The Hall–Kier alpha value is -0.480. The molecule has 0 saturated carbocycles. The van der Waals surface area contributed by atoms with Gasteiger partial charge in [-0.2, -0.15) is 0 Å². The average molecular weight is 316 g/mol. The Kier molecular flexibility index (Phi) is 5.56. The Bertz CT molecular complexity index is 441. The lowest BCUT2D eigenvalue weighted by atomic mass is 10.1. The van der Waals surface area contributed by atoms with Gasteiger partial charge in [0.25, 0.3) is 0 Å². The molecule has 3 nitrogen and oxygen atoms in total. The predicted octanol–water partition coefficient (Wildman–Crippen LogP) is 3.49. The molecule has 0 amide bonds. The molecule has 0 radical (unpaired) electrons. The number of nitrogens with two attached hydrogens (primary N) is 1. The lowest BCUT2D eigenvalue weighted by Crippen LogP contribution is -2.38. The van der Waals surface area contributed by atoms with Crippen LogP contribution in [-0.2, 0) is 6.54 Å². The number of hydrogen-bond donors (Lipinski definition) is 1. The van der Waals surface area contributed by atoms with Crippen molar-refractivity contribution in [3.8, 4) is 0 Å². The number of likely N-dealkylation sites (tertiary alicyclic amines) is 1. The second-order valence-electron chi connectivity index (χ2n) is 5.59. The zero-order chi connectivity index (χ0) is 14.7. The van der Waals surface area contributed by atoms with Crippen LogP contribution < -0.4 is 5.73 Å². The number of nitrogens with zero attached hydrogens (tertiary/aromatic N) is 2. The number of anilines is 1. The van der Waals surface area contributed by atoms with E-state index in [2.05, 4.69) is 23.8 Å². The second-order valence-corrected chi connectivity index (χ2v) is 6.41. The first-order valence-corrected chi connectivity index (χ1v) is 7.92. The summed E-state index contributed by atoms with van der Waals surface area (Å²) in [5, 5.41) is 1.08. The van der Waals surface area contributed by atoms with Gasteiger partial charge in [0, 0.05) is 19.1 Å². The third-order valence-corrected chi connectivity index (χ3v) is 4.64. The summed E-state index contributed by atoms with van der Waals surface area (Å²) in [6, 6.07) is 4.49. The Balaban J connectivity index is 1.96. The number of likely N-dealkylation sites (N-methyl/N-ethyl adjacent to an activating group) is 2. The van der Waals surface area contributed by atoms with E-state index in [4.69, 9.17) is 28.9 Å². The van der Waals surface area contributed by atoms with Crippen molar-refractivity contribution in [3.05, 3.63) is 27.7 Å². The average Bonchev–Trinajstić information content (AvgIpc) is 2.82. The second kappa shape index (κ2) is 6.99. The molecule has 1 aromatic carbocycles. The predicted molar refractivity (Wildman–Crippen MR) is 87.5 cm³/mol. The molecule has 0 aromatic heterocycles. The molecule has 1 fully saturated rings. The Morgan fingerprint density at radius 1 is 1.35 bits per heavy atom. The van der Waals surface area contributed by atoms with Gasteiger partial charge in [-0.05, 0) is 50.7 Å². The normalized spacial score (nSPS) is 19.9. The van der Waals surface area contributed by atoms with Gasteiger partial charge in [0.15, 0.2) is 0 Å². The van der Waals surface area contributed by atoms with Crippen molar-refractivity contribution in [3.63, 3.8) is 0 Å². The fourth-order valence-corrected chi connectivity index (χ4v) is 3.51. The first-order chi connectivity index (χ1) is 9.51. The highest BCUT2D eigenvalue weighted by Crippen LogP contribution is 2.29. The van der Waals surface area contributed by atoms with Crippen molar-refractivity contribution in [1.82, 2.24) is 9.80 Å². The van der Waals surface area contributed by atoms with Crippen molar-refractivity contribution in [1.29, 1.82) is 0 Å². The molecule has 20 heavy (non-hydrogen) atoms. The minimum Gasteiger partial charge on any atom is -0.396 e. The number of halogens is 2. The Morgan fingerprint density at radius 3 is 2.60 bits per heavy atom. The molecule has 1 unspecified atom stereocenters. The van der Waals surface area contributed by atoms with Crippen molar-refractivity contribution in [2.75, 3.05) is 32.4 Å². The maximum Gasteiger partial charge on any atom is 0.0693 e. The molecule has 1 aliphatic rings. The van der Waals surface area contributed by atoms with Crippen molar-refractivity contribution in [2.24, 2.45) is 0 Å². The summed E-state index contributed by atoms with van der Waals surface area (Å²) >= 11 is 12.2. The quantitative estimate of drug-likeness (QED) is 0.844. The molecule has 1 atom stereocenters. The van der Waals surface area contributed by atoms with Gasteiger partial charge < -0.3 is 10.6 Å². The summed E-state index contributed by atoms with van der Waals surface area (Å²) < 4.78 is 0. The Morgan fingerprint density at radius 2 is 2.00 bits per heavy atom. The van der Waals surface area contributed by atoms with Gasteiger partial charge in [-0.3, -0.25) is 4.90 Å². The highest BCUT2D eigenvalue weighted by molar-refractivity contribution is 6.38. The molecule has 2 N–H and O–H groups in total. The minimum atomic E-state index is 0.465. The van der Waals surface area contributed by atoms with Crippen LogP contribution in [0.1, 0.15) is 25.3 Å². The van der Waals surface area contributed by atoms with Gasteiger partial charge >= 0.3 is 0 Å². The molecule has 1 aliphatic heterocycles. The fourth-order valence-electron chi connectivity index (χ4n) is 2.98. The topological polar surface area (TPSA) is 32.5 Å².